The lowest BCUT2D eigenvalue weighted by Crippen LogP contribution is -2.28. The summed E-state index contributed by atoms with van der Waals surface area (Å²) in [4.78, 5) is 17.6. The zero-order valence-corrected chi connectivity index (χ0v) is 20.9. The molecule has 7 nitrogen and oxygen atoms in total. The molecule has 0 spiro atoms. The molecule has 0 bridgehead atoms. The molecule has 198 valence electrons. The molecule has 2 heterocycles. The molecule has 0 radical (unpaired) electrons. The molecular weight excluding hydrogens is 514 g/mol. The van der Waals surface area contributed by atoms with Crippen molar-refractivity contribution in [2.24, 2.45) is 18.9 Å². The van der Waals surface area contributed by atoms with Crippen LogP contribution in [0.3, 0.4) is 0 Å². The first-order valence-corrected chi connectivity index (χ1v) is 12.4. The van der Waals surface area contributed by atoms with Crippen molar-refractivity contribution in [3.05, 3.63) is 64.2 Å². The molecule has 2 saturated carbocycles. The number of carbonyl (C=O) groups is 1. The molecule has 3 aromatic rings. The average molecular weight is 540 g/mol. The van der Waals surface area contributed by atoms with Crippen LogP contribution in [-0.4, -0.2) is 30.3 Å². The number of fused-ring (bicyclic) bond motifs is 1. The second-order valence-electron chi connectivity index (χ2n) is 10.0. The molecule has 12 heteroatoms. The number of nitrogens with one attached hydrogen (secondary N) is 1. The number of benzene rings is 1. The monoisotopic (exact) mass is 539 g/mol. The van der Waals surface area contributed by atoms with Crippen LogP contribution in [0.4, 0.5) is 23.2 Å². The van der Waals surface area contributed by atoms with Gasteiger partial charge in [0.2, 0.25) is 0 Å². The molecule has 2 unspecified atom stereocenters. The topological polar surface area (TPSA) is 85.0 Å². The molecular formula is C25H26ClF4N5O2. The van der Waals surface area contributed by atoms with Crippen molar-refractivity contribution < 1.29 is 27.5 Å². The van der Waals surface area contributed by atoms with Gasteiger partial charge >= 0.3 is 6.18 Å². The van der Waals surface area contributed by atoms with Crippen molar-refractivity contribution in [3.63, 3.8) is 0 Å². The molecule has 37 heavy (non-hydrogen) atoms. The Labute approximate surface area is 215 Å². The number of hydrogen-bond donors (Lipinski definition) is 2. The van der Waals surface area contributed by atoms with E-state index in [1.165, 1.54) is 12.1 Å². The van der Waals surface area contributed by atoms with Crippen molar-refractivity contribution >= 4 is 23.2 Å². The molecule has 1 aromatic carbocycles. The van der Waals surface area contributed by atoms with Crippen LogP contribution in [0, 0.1) is 17.7 Å². The van der Waals surface area contributed by atoms with Crippen LogP contribution < -0.4 is 5.32 Å². The Kier molecular flexibility index (Phi) is 6.34. The van der Waals surface area contributed by atoms with Gasteiger partial charge in [0.25, 0.3) is 5.91 Å². The SMILES string of the molecule is CCn1ncc(C2(O)CC3CC(c4ncn(C)c4C(=O)Nc4ccc(F)c(Cl)c4)CC3C2)c1C(F)(F)F. The predicted octanol–water partition coefficient (Wildman–Crippen LogP) is 5.49. The minimum atomic E-state index is -4.62. The summed E-state index contributed by atoms with van der Waals surface area (Å²) in [5, 5.41) is 17.8. The van der Waals surface area contributed by atoms with Gasteiger partial charge in [-0.15, -0.1) is 0 Å². The fourth-order valence-corrected chi connectivity index (χ4v) is 6.34. The molecule has 2 atom stereocenters. The number of alkyl halides is 3. The molecule has 0 saturated heterocycles. The fraction of sp³-hybridized carbons (Fsp3) is 0.480. The highest BCUT2D eigenvalue weighted by Crippen LogP contribution is 2.58. The van der Waals surface area contributed by atoms with E-state index < -0.39 is 29.2 Å². The third kappa shape index (κ3) is 4.52. The van der Waals surface area contributed by atoms with E-state index in [0.29, 0.717) is 29.9 Å². The summed E-state index contributed by atoms with van der Waals surface area (Å²) >= 11 is 5.82. The predicted molar refractivity (Wildman–Crippen MR) is 128 cm³/mol. The van der Waals surface area contributed by atoms with E-state index in [4.69, 9.17) is 11.6 Å². The second-order valence-corrected chi connectivity index (χ2v) is 10.4. The Morgan fingerprint density at radius 3 is 2.54 bits per heavy atom. The van der Waals surface area contributed by atoms with Gasteiger partial charge in [-0.2, -0.15) is 18.3 Å². The summed E-state index contributed by atoms with van der Waals surface area (Å²) < 4.78 is 57.4. The van der Waals surface area contributed by atoms with Gasteiger partial charge in [-0.3, -0.25) is 9.48 Å². The van der Waals surface area contributed by atoms with Crippen LogP contribution in [0.15, 0.2) is 30.7 Å². The lowest BCUT2D eigenvalue weighted by atomic mass is 9.87. The van der Waals surface area contributed by atoms with Crippen LogP contribution in [-0.2, 0) is 25.4 Å². The number of amides is 1. The summed E-state index contributed by atoms with van der Waals surface area (Å²) in [6.07, 6.45) is -0.367. The Bertz CT molecular complexity index is 1340. The van der Waals surface area contributed by atoms with E-state index in [9.17, 15) is 27.5 Å². The number of halogens is 5. The lowest BCUT2D eigenvalue weighted by Gasteiger charge is -2.26. The minimum Gasteiger partial charge on any atom is -0.385 e. The number of aliphatic hydroxyl groups is 1. The van der Waals surface area contributed by atoms with Gasteiger partial charge < -0.3 is 15.0 Å². The van der Waals surface area contributed by atoms with Crippen LogP contribution in [0.5, 0.6) is 0 Å². The summed E-state index contributed by atoms with van der Waals surface area (Å²) in [6.45, 7) is 1.63. The van der Waals surface area contributed by atoms with Crippen LogP contribution >= 0.6 is 11.6 Å². The van der Waals surface area contributed by atoms with Crippen molar-refractivity contribution in [2.75, 3.05) is 5.32 Å². The van der Waals surface area contributed by atoms with Gasteiger partial charge in [-0.25, -0.2) is 9.37 Å². The van der Waals surface area contributed by atoms with Gasteiger partial charge in [0.05, 0.1) is 28.8 Å². The smallest absolute Gasteiger partial charge is 0.385 e. The van der Waals surface area contributed by atoms with E-state index in [2.05, 4.69) is 15.4 Å². The average Bonchev–Trinajstić information content (AvgIpc) is 3.56. The quantitative estimate of drug-likeness (QED) is 0.420. The highest BCUT2D eigenvalue weighted by atomic mass is 35.5. The number of nitrogens with zero attached hydrogens (tertiary/aromatic N) is 4. The zero-order chi connectivity index (χ0) is 26.7. The van der Waals surface area contributed by atoms with E-state index in [-0.39, 0.29) is 47.7 Å². The standard InChI is InChI=1S/C25H26ClF4N5O2/c1-3-35-22(25(28,29)30)17(11-32-35)24(37)9-14-6-13(7-15(14)10-24)20-21(34(2)12-31-20)23(36)33-16-4-5-19(27)18(26)8-16/h4-5,8,11-15,37H,3,6-7,9-10H2,1-2H3,(H,33,36). The van der Waals surface area contributed by atoms with E-state index in [1.54, 1.807) is 24.9 Å². The fourth-order valence-electron chi connectivity index (χ4n) is 6.16. The molecule has 2 N–H and O–H groups in total. The van der Waals surface area contributed by atoms with Crippen molar-refractivity contribution in [2.45, 2.75) is 56.8 Å². The van der Waals surface area contributed by atoms with E-state index in [1.807, 2.05) is 0 Å². The Morgan fingerprint density at radius 1 is 1.27 bits per heavy atom. The van der Waals surface area contributed by atoms with Crippen LogP contribution in [0.25, 0.3) is 0 Å². The number of rotatable bonds is 5. The minimum absolute atomic E-state index is 0.0186. The third-order valence-corrected chi connectivity index (χ3v) is 7.98. The Balaban J connectivity index is 1.34. The number of hydrogen-bond acceptors (Lipinski definition) is 4. The largest absolute Gasteiger partial charge is 0.433 e. The summed E-state index contributed by atoms with van der Waals surface area (Å²) in [5.41, 5.74) is -1.37. The van der Waals surface area contributed by atoms with Crippen molar-refractivity contribution in [1.82, 2.24) is 19.3 Å². The zero-order valence-electron chi connectivity index (χ0n) is 20.2. The van der Waals surface area contributed by atoms with Gasteiger partial charge in [0.1, 0.15) is 17.2 Å². The molecule has 2 aromatic heterocycles. The molecule has 5 rings (SSSR count). The van der Waals surface area contributed by atoms with Gasteiger partial charge in [-0.1, -0.05) is 11.6 Å². The van der Waals surface area contributed by atoms with Crippen molar-refractivity contribution in [3.8, 4) is 0 Å². The first-order chi connectivity index (χ1) is 17.4. The normalized spacial score (nSPS) is 25.5. The van der Waals surface area contributed by atoms with Gasteiger partial charge in [0, 0.05) is 30.8 Å². The Morgan fingerprint density at radius 2 is 1.95 bits per heavy atom. The summed E-state index contributed by atoms with van der Waals surface area (Å²) in [7, 11) is 1.70. The van der Waals surface area contributed by atoms with Gasteiger partial charge in [0.15, 0.2) is 0 Å². The van der Waals surface area contributed by atoms with Crippen LogP contribution in [0.1, 0.15) is 66.0 Å². The lowest BCUT2D eigenvalue weighted by molar-refractivity contribution is -0.147. The van der Waals surface area contributed by atoms with E-state index >= 15 is 0 Å². The first kappa shape index (κ1) is 25.7. The maximum absolute atomic E-state index is 13.8. The summed E-state index contributed by atoms with van der Waals surface area (Å²) in [5.74, 6) is -1.14. The van der Waals surface area contributed by atoms with Crippen LogP contribution in [0.2, 0.25) is 5.02 Å². The third-order valence-electron chi connectivity index (χ3n) is 7.69. The maximum Gasteiger partial charge on any atom is 0.433 e. The highest BCUT2D eigenvalue weighted by molar-refractivity contribution is 6.31. The highest BCUT2D eigenvalue weighted by Gasteiger charge is 2.54. The molecule has 2 fully saturated rings. The molecule has 1 amide bonds. The summed E-state index contributed by atoms with van der Waals surface area (Å²) in [6, 6.07) is 3.89. The number of carbonyl (C=O) groups excluding carboxylic acids is 1. The second kappa shape index (κ2) is 9.13. The molecule has 2 aliphatic rings. The van der Waals surface area contributed by atoms with E-state index in [0.717, 1.165) is 16.9 Å². The van der Waals surface area contributed by atoms with Crippen molar-refractivity contribution in [1.29, 1.82) is 0 Å². The number of aryl methyl sites for hydroxylation is 2. The number of aromatic nitrogens is 4. The molecule has 0 aliphatic heterocycles. The Hall–Kier alpha value is -2.92. The number of imidazole rings is 1. The number of anilines is 1. The molecule has 2 aliphatic carbocycles. The van der Waals surface area contributed by atoms with Gasteiger partial charge in [-0.05, 0) is 62.6 Å². The first-order valence-electron chi connectivity index (χ1n) is 12.0. The maximum atomic E-state index is 13.8.